The van der Waals surface area contributed by atoms with E-state index >= 15 is 0 Å². The third kappa shape index (κ3) is 50.6. The summed E-state index contributed by atoms with van der Waals surface area (Å²) < 4.78 is 38.4. The van der Waals surface area contributed by atoms with E-state index in [-0.39, 0.29) is 48.9 Å². The monoisotopic (exact) mass is 744 g/mol. The second kappa shape index (κ2) is 63.0. The van der Waals surface area contributed by atoms with Crippen LogP contribution in [0.5, 0.6) is 0 Å². The summed E-state index contributed by atoms with van der Waals surface area (Å²) in [5.74, 6) is 0. The molecule has 0 spiro atoms. The van der Waals surface area contributed by atoms with Gasteiger partial charge in [-0.25, -0.2) is 0 Å². The molecule has 0 aliphatic heterocycles. The van der Waals surface area contributed by atoms with Crippen molar-refractivity contribution < 1.29 is 63.3 Å². The second-order valence-corrected chi connectivity index (χ2v) is 3.47. The van der Waals surface area contributed by atoms with Gasteiger partial charge in [0.15, 0.2) is 0 Å². The van der Waals surface area contributed by atoms with Crippen LogP contribution in [0.4, 0.5) is 0 Å². The first-order chi connectivity index (χ1) is 13.9. The second-order valence-electron chi connectivity index (χ2n) is 3.47. The molecule has 0 heterocycles. The first-order valence-corrected chi connectivity index (χ1v) is 8.16. The van der Waals surface area contributed by atoms with Gasteiger partial charge in [-0.15, -0.1) is 12.1 Å². The summed E-state index contributed by atoms with van der Waals surface area (Å²) in [6.07, 6.45) is 22.8. The van der Waals surface area contributed by atoms with Crippen LogP contribution in [0.3, 0.4) is 0 Å². The predicted molar refractivity (Wildman–Crippen MR) is 100 cm³/mol. The maximum absolute atomic E-state index is 8.36. The van der Waals surface area contributed by atoms with E-state index < -0.39 is 0 Å². The molecule has 0 bridgehead atoms. The maximum atomic E-state index is 8.36. The minimum Gasteiger partial charge on any atom is 0 e. The van der Waals surface area contributed by atoms with Gasteiger partial charge in [-0.3, -0.25) is 0 Å². The Labute approximate surface area is 209 Å². The van der Waals surface area contributed by atoms with Crippen molar-refractivity contribution in [3.05, 3.63) is 147 Å². The molecular formula is C23H20O5ReTa-2. The van der Waals surface area contributed by atoms with Crippen LogP contribution in [0.1, 0.15) is 5.56 Å². The van der Waals surface area contributed by atoms with Gasteiger partial charge in [-0.1, -0.05) is 6.07 Å². The minimum atomic E-state index is 0. The standard InChI is InChI=1S/C8H7.2C5H5.4CO.CH3.O.Re.Ta/c1-2-8-6-4-3-5-7-8;2*1-2-4-5-3-1;4*1-2;;;;/h3-7H,1H2;2*1-5H;;;;;1H3;;;/q-1;;;;;;;-1;;;. The molecule has 3 rings (SSSR count). The van der Waals surface area contributed by atoms with Crippen molar-refractivity contribution in [2.75, 3.05) is 0 Å². The fourth-order valence-corrected chi connectivity index (χ4v) is 1.20. The van der Waals surface area contributed by atoms with E-state index in [1.807, 2.05) is 94.5 Å². The van der Waals surface area contributed by atoms with Gasteiger partial charge >= 0.3 is 69.5 Å². The smallest absolute Gasteiger partial charge is 0 e. The van der Waals surface area contributed by atoms with Gasteiger partial charge in [0, 0.05) is 20.4 Å². The molecule has 0 amide bonds. The summed E-state index contributed by atoms with van der Waals surface area (Å²) in [5.41, 5.74) is 1.05. The van der Waals surface area contributed by atoms with Gasteiger partial charge < -0.3 is 7.43 Å². The first kappa shape index (κ1) is 47.1. The van der Waals surface area contributed by atoms with Crippen LogP contribution in [0, 0.1) is 104 Å². The number of rotatable bonds is 1. The van der Waals surface area contributed by atoms with Gasteiger partial charge in [0.2, 0.25) is 0 Å². The summed E-state index contributed by atoms with van der Waals surface area (Å²) in [6, 6.07) is 9.84. The molecule has 0 atom stereocenters. The zero-order chi connectivity index (χ0) is 22.9. The summed E-state index contributed by atoms with van der Waals surface area (Å²) in [4.78, 5) is 0. The van der Waals surface area contributed by atoms with Crippen LogP contribution in [-0.2, 0) is 63.3 Å². The van der Waals surface area contributed by atoms with Crippen LogP contribution in [0.15, 0.2) is 36.9 Å². The van der Waals surface area contributed by atoms with Crippen molar-refractivity contribution in [2.45, 2.75) is 0 Å². The summed E-state index contributed by atoms with van der Waals surface area (Å²) in [5, 5.41) is 0. The molecule has 1 aromatic carbocycles. The molecule has 2 aliphatic carbocycles. The Morgan fingerprint density at radius 1 is 0.600 bits per heavy atom. The number of hydrogen-bond donors (Lipinski definition) is 0. The normalized spacial score (nSPS) is 10.6. The van der Waals surface area contributed by atoms with Crippen molar-refractivity contribution in [1.29, 1.82) is 0 Å². The van der Waals surface area contributed by atoms with Crippen molar-refractivity contribution >= 4 is 0 Å². The zero-order valence-electron chi connectivity index (χ0n) is 16.2. The third-order valence-electron chi connectivity index (χ3n) is 2.09. The molecule has 0 saturated heterocycles. The summed E-state index contributed by atoms with van der Waals surface area (Å²) >= 11 is 0.194. The molecule has 0 aromatic heterocycles. The van der Waals surface area contributed by atoms with Gasteiger partial charge in [0.05, 0.1) is 0 Å². The molecule has 0 unspecified atom stereocenters. The fraction of sp³-hybridized carbons (Fsp3) is 0. The predicted octanol–water partition coefficient (Wildman–Crippen LogP) is 4.24. The Morgan fingerprint density at radius 2 is 0.800 bits per heavy atom. The Morgan fingerprint density at radius 3 is 0.933 bits per heavy atom. The van der Waals surface area contributed by atoms with E-state index in [1.165, 1.54) is 0 Å². The van der Waals surface area contributed by atoms with E-state index in [9.17, 15) is 0 Å². The molecule has 1 aromatic rings. The summed E-state index contributed by atoms with van der Waals surface area (Å²) in [6.45, 7) is 21.5. The van der Waals surface area contributed by atoms with Gasteiger partial charge in [0.25, 0.3) is 0 Å². The van der Waals surface area contributed by atoms with Gasteiger partial charge in [-0.05, 0) is 64.2 Å². The van der Waals surface area contributed by atoms with E-state index in [2.05, 4.69) is 39.3 Å². The average molecular weight is 744 g/mol. The first-order valence-electron chi connectivity index (χ1n) is 6.85. The molecule has 2 saturated carbocycles. The fourth-order valence-electron chi connectivity index (χ4n) is 1.20. The average Bonchev–Trinajstić information content (AvgIpc) is 3.61. The Bertz CT molecular complexity index is 416. The van der Waals surface area contributed by atoms with Crippen LogP contribution in [0.2, 0.25) is 0 Å². The van der Waals surface area contributed by atoms with E-state index in [0.29, 0.717) is 0 Å². The zero-order valence-corrected chi connectivity index (χ0v) is 22.2. The molecule has 30 heavy (non-hydrogen) atoms. The Kier molecular flexibility index (Phi) is 98.8. The van der Waals surface area contributed by atoms with Crippen molar-refractivity contribution in [3.8, 4) is 0 Å². The molecule has 0 N–H and O–H groups in total. The van der Waals surface area contributed by atoms with Crippen LogP contribution >= 0.6 is 0 Å². The molecule has 2 fully saturated rings. The number of hydrogen-bond acceptors (Lipinski definition) is 1. The minimum absolute atomic E-state index is 0. The van der Waals surface area contributed by atoms with E-state index in [1.54, 1.807) is 0 Å². The molecule has 5 nitrogen and oxygen atoms in total. The van der Waals surface area contributed by atoms with Crippen molar-refractivity contribution in [2.24, 2.45) is 0 Å². The van der Waals surface area contributed by atoms with Gasteiger partial charge in [0.1, 0.15) is 0 Å². The molecule has 11 radical (unpaired) electrons. The Hall–Kier alpha value is -0.877. The molecule has 156 valence electrons. The van der Waals surface area contributed by atoms with Crippen molar-refractivity contribution in [1.82, 2.24) is 0 Å². The van der Waals surface area contributed by atoms with E-state index in [4.69, 9.17) is 21.9 Å². The maximum Gasteiger partial charge on any atom is 0 e. The van der Waals surface area contributed by atoms with Crippen LogP contribution in [-0.4, -0.2) is 0 Å². The quantitative estimate of drug-likeness (QED) is 0.313. The molecule has 7 heteroatoms. The van der Waals surface area contributed by atoms with Gasteiger partial charge in [-0.2, -0.15) is 30.4 Å². The summed E-state index contributed by atoms with van der Waals surface area (Å²) in [7, 11) is 0. The topological polar surface area (TPSA) is 96.7 Å². The van der Waals surface area contributed by atoms with Crippen LogP contribution < -0.4 is 0 Å². The largest absolute Gasteiger partial charge is 0 e. The molecule has 2 aliphatic rings. The van der Waals surface area contributed by atoms with Crippen molar-refractivity contribution in [3.63, 3.8) is 0 Å². The van der Waals surface area contributed by atoms with Crippen LogP contribution in [0.25, 0.3) is 0 Å². The SMILES string of the molecule is C=[C-]c1ccccc1.[C-]#[O+].[C-]#[O+].[C-]#[O+].[C-]#[O+].[CH3-].[CH]1[CH][CH][CH][CH]1.[CH]1[CH][CH][CH][CH]1.[O]=[Ta].[Re]. The Balaban J connectivity index is -0.0000000433. The molecular weight excluding hydrogens is 723 g/mol. The third-order valence-corrected chi connectivity index (χ3v) is 2.09. The number of benzene rings is 1. The van der Waals surface area contributed by atoms with E-state index in [0.717, 1.165) is 5.56 Å².